The van der Waals surface area contributed by atoms with Crippen molar-refractivity contribution in [2.24, 2.45) is 5.10 Å². The van der Waals surface area contributed by atoms with Gasteiger partial charge in [-0.3, -0.25) is 4.79 Å². The summed E-state index contributed by atoms with van der Waals surface area (Å²) in [5, 5.41) is 3.84. The van der Waals surface area contributed by atoms with E-state index in [2.05, 4.69) is 22.7 Å². The molecule has 78 valence electrons. The van der Waals surface area contributed by atoms with Crippen LogP contribution in [0.4, 0.5) is 0 Å². The lowest BCUT2D eigenvalue weighted by atomic mass is 10.1. The molecule has 1 aromatic rings. The minimum absolute atomic E-state index is 0.146. The summed E-state index contributed by atoms with van der Waals surface area (Å²) in [6, 6.07) is 6.33. The zero-order valence-electron chi connectivity index (χ0n) is 8.79. The minimum Gasteiger partial charge on any atom is -0.274 e. The van der Waals surface area contributed by atoms with Crippen LogP contribution in [-0.4, -0.2) is 12.1 Å². The van der Waals surface area contributed by atoms with Gasteiger partial charge in [0.25, 0.3) is 0 Å². The molecule has 1 amide bonds. The van der Waals surface area contributed by atoms with Crippen molar-refractivity contribution in [2.45, 2.75) is 26.2 Å². The first-order valence-electron chi connectivity index (χ1n) is 5.17. The Morgan fingerprint density at radius 1 is 1.40 bits per heavy atom. The number of carbonyl (C=O) groups is 1. The minimum atomic E-state index is -0.146. The molecule has 3 heteroatoms. The zero-order valence-corrected chi connectivity index (χ0v) is 8.79. The van der Waals surface area contributed by atoms with Crippen molar-refractivity contribution < 1.29 is 4.79 Å². The number of rotatable bonds is 2. The van der Waals surface area contributed by atoms with Crippen LogP contribution in [0.15, 0.2) is 23.3 Å². The highest BCUT2D eigenvalue weighted by atomic mass is 16.2. The highest BCUT2D eigenvalue weighted by Gasteiger charge is 2.09. The number of fused-ring (bicyclic) bond motifs is 1. The summed E-state index contributed by atoms with van der Waals surface area (Å²) in [6.45, 7) is 1.44. The van der Waals surface area contributed by atoms with Gasteiger partial charge in [0.1, 0.15) is 0 Å². The first kappa shape index (κ1) is 9.90. The molecule has 0 bridgehead atoms. The fourth-order valence-electron chi connectivity index (χ4n) is 1.87. The van der Waals surface area contributed by atoms with Crippen molar-refractivity contribution in [3.8, 4) is 0 Å². The lowest BCUT2D eigenvalue weighted by Gasteiger charge is -1.99. The summed E-state index contributed by atoms with van der Waals surface area (Å²) >= 11 is 0. The molecule has 0 aromatic heterocycles. The Morgan fingerprint density at radius 2 is 2.20 bits per heavy atom. The maximum atomic E-state index is 10.6. The Bertz CT molecular complexity index is 410. The smallest absolute Gasteiger partial charge is 0.236 e. The van der Waals surface area contributed by atoms with Gasteiger partial charge in [0.15, 0.2) is 0 Å². The van der Waals surface area contributed by atoms with Crippen LogP contribution < -0.4 is 5.43 Å². The average Bonchev–Trinajstić information content (AvgIpc) is 2.64. The van der Waals surface area contributed by atoms with E-state index in [9.17, 15) is 4.79 Å². The van der Waals surface area contributed by atoms with Crippen LogP contribution in [0.25, 0.3) is 0 Å². The number of amides is 1. The van der Waals surface area contributed by atoms with Crippen molar-refractivity contribution in [1.82, 2.24) is 5.43 Å². The van der Waals surface area contributed by atoms with E-state index in [1.807, 2.05) is 6.07 Å². The number of hydrogen-bond donors (Lipinski definition) is 1. The van der Waals surface area contributed by atoms with Crippen LogP contribution in [0.2, 0.25) is 0 Å². The number of aryl methyl sites for hydroxylation is 2. The Hall–Kier alpha value is -1.64. The van der Waals surface area contributed by atoms with Gasteiger partial charge in [-0.25, -0.2) is 5.43 Å². The maximum absolute atomic E-state index is 10.6. The van der Waals surface area contributed by atoms with Crippen LogP contribution in [0.5, 0.6) is 0 Å². The summed E-state index contributed by atoms with van der Waals surface area (Å²) in [6.07, 6.45) is 5.29. The number of benzene rings is 1. The first-order valence-corrected chi connectivity index (χ1v) is 5.17. The average molecular weight is 202 g/mol. The normalized spacial score (nSPS) is 14.2. The number of hydrazone groups is 1. The molecule has 0 fully saturated rings. The Kier molecular flexibility index (Phi) is 2.81. The molecule has 1 N–H and O–H groups in total. The SMILES string of the molecule is CC(=O)NN=Cc1ccc2c(c1)CCC2. The quantitative estimate of drug-likeness (QED) is 0.575. The van der Waals surface area contributed by atoms with Crippen molar-refractivity contribution in [3.63, 3.8) is 0 Å². The lowest BCUT2D eigenvalue weighted by Crippen LogP contribution is -2.12. The molecule has 2 rings (SSSR count). The van der Waals surface area contributed by atoms with Crippen LogP contribution in [0, 0.1) is 0 Å². The highest BCUT2D eigenvalue weighted by molar-refractivity contribution is 5.82. The molecule has 3 nitrogen and oxygen atoms in total. The standard InChI is InChI=1S/C12H14N2O/c1-9(15)14-13-8-10-5-6-11-3-2-4-12(11)7-10/h5-8H,2-4H2,1H3,(H,14,15). The van der Waals surface area contributed by atoms with Gasteiger partial charge in [-0.05, 0) is 42.0 Å². The predicted molar refractivity (Wildman–Crippen MR) is 59.9 cm³/mol. The van der Waals surface area contributed by atoms with Crippen molar-refractivity contribution in [3.05, 3.63) is 34.9 Å². The van der Waals surface area contributed by atoms with Gasteiger partial charge < -0.3 is 0 Å². The van der Waals surface area contributed by atoms with E-state index in [0.717, 1.165) is 12.0 Å². The molecule has 0 saturated heterocycles. The van der Waals surface area contributed by atoms with Gasteiger partial charge in [-0.1, -0.05) is 12.1 Å². The molecule has 0 spiro atoms. The molecule has 15 heavy (non-hydrogen) atoms. The van der Waals surface area contributed by atoms with Gasteiger partial charge in [-0.15, -0.1) is 0 Å². The predicted octanol–water partition coefficient (Wildman–Crippen LogP) is 1.65. The van der Waals surface area contributed by atoms with E-state index in [-0.39, 0.29) is 5.91 Å². The number of nitrogens with one attached hydrogen (secondary N) is 1. The molecule has 0 atom stereocenters. The molecule has 1 aliphatic rings. The number of hydrogen-bond acceptors (Lipinski definition) is 2. The monoisotopic (exact) mass is 202 g/mol. The van der Waals surface area contributed by atoms with E-state index < -0.39 is 0 Å². The zero-order chi connectivity index (χ0) is 10.7. The molecule has 1 aliphatic carbocycles. The van der Waals surface area contributed by atoms with E-state index in [0.29, 0.717) is 0 Å². The van der Waals surface area contributed by atoms with Gasteiger partial charge in [0.2, 0.25) is 5.91 Å². The van der Waals surface area contributed by atoms with Crippen molar-refractivity contribution in [2.75, 3.05) is 0 Å². The summed E-state index contributed by atoms with van der Waals surface area (Å²) in [7, 11) is 0. The molecule has 0 aliphatic heterocycles. The largest absolute Gasteiger partial charge is 0.274 e. The highest BCUT2D eigenvalue weighted by Crippen LogP contribution is 2.22. The molecular formula is C12H14N2O. The molecular weight excluding hydrogens is 188 g/mol. The van der Waals surface area contributed by atoms with Crippen molar-refractivity contribution in [1.29, 1.82) is 0 Å². The van der Waals surface area contributed by atoms with E-state index in [4.69, 9.17) is 0 Å². The summed E-state index contributed by atoms with van der Waals surface area (Å²) in [4.78, 5) is 10.6. The van der Waals surface area contributed by atoms with E-state index >= 15 is 0 Å². The molecule has 1 aromatic carbocycles. The fourth-order valence-corrected chi connectivity index (χ4v) is 1.87. The third-order valence-corrected chi connectivity index (χ3v) is 2.56. The van der Waals surface area contributed by atoms with Crippen LogP contribution >= 0.6 is 0 Å². The van der Waals surface area contributed by atoms with Gasteiger partial charge in [0.05, 0.1) is 6.21 Å². The Balaban J connectivity index is 2.10. The van der Waals surface area contributed by atoms with Crippen LogP contribution in [0.3, 0.4) is 0 Å². The van der Waals surface area contributed by atoms with Crippen LogP contribution in [0.1, 0.15) is 30.0 Å². The molecule has 0 radical (unpaired) electrons. The fraction of sp³-hybridized carbons (Fsp3) is 0.333. The maximum Gasteiger partial charge on any atom is 0.236 e. The van der Waals surface area contributed by atoms with Gasteiger partial charge in [-0.2, -0.15) is 5.10 Å². The summed E-state index contributed by atoms with van der Waals surface area (Å²) in [5.74, 6) is -0.146. The topological polar surface area (TPSA) is 41.5 Å². The first-order chi connectivity index (χ1) is 7.25. The summed E-state index contributed by atoms with van der Waals surface area (Å²) in [5.41, 5.74) is 6.31. The second-order valence-electron chi connectivity index (χ2n) is 3.81. The summed E-state index contributed by atoms with van der Waals surface area (Å²) < 4.78 is 0. The van der Waals surface area contributed by atoms with Gasteiger partial charge in [0, 0.05) is 6.92 Å². The van der Waals surface area contributed by atoms with E-state index in [1.165, 1.54) is 30.9 Å². The molecule has 0 unspecified atom stereocenters. The molecule has 0 saturated carbocycles. The Labute approximate surface area is 89.2 Å². The number of nitrogens with zero attached hydrogens (tertiary/aromatic N) is 1. The molecule has 0 heterocycles. The third-order valence-electron chi connectivity index (χ3n) is 2.56. The second-order valence-corrected chi connectivity index (χ2v) is 3.81. The second kappa shape index (κ2) is 4.26. The Morgan fingerprint density at radius 3 is 3.00 bits per heavy atom. The van der Waals surface area contributed by atoms with Crippen LogP contribution in [-0.2, 0) is 17.6 Å². The number of carbonyl (C=O) groups excluding carboxylic acids is 1. The van der Waals surface area contributed by atoms with Crippen molar-refractivity contribution >= 4 is 12.1 Å². The van der Waals surface area contributed by atoms with Gasteiger partial charge >= 0.3 is 0 Å². The third kappa shape index (κ3) is 2.43. The van der Waals surface area contributed by atoms with E-state index in [1.54, 1.807) is 6.21 Å². The lowest BCUT2D eigenvalue weighted by molar-refractivity contribution is -0.118.